The summed E-state index contributed by atoms with van der Waals surface area (Å²) in [5.41, 5.74) is 0. The van der Waals surface area contributed by atoms with Crippen LogP contribution in [0.15, 0.2) is 0 Å². The standard InChI is InChI=1S/C12H27NO/c1-6-13-12(8-7-10(2)3)9-11(4)14-5/h10-13H,6-9H2,1-5H3. The van der Waals surface area contributed by atoms with Gasteiger partial charge in [-0.2, -0.15) is 0 Å². The molecule has 0 aliphatic rings. The molecule has 2 unspecified atom stereocenters. The number of hydrogen-bond acceptors (Lipinski definition) is 2. The molecule has 14 heavy (non-hydrogen) atoms. The minimum atomic E-state index is 0.367. The van der Waals surface area contributed by atoms with Crippen molar-refractivity contribution in [2.75, 3.05) is 13.7 Å². The van der Waals surface area contributed by atoms with Crippen molar-refractivity contribution in [1.29, 1.82) is 0 Å². The fourth-order valence-corrected chi connectivity index (χ4v) is 1.62. The van der Waals surface area contributed by atoms with Crippen molar-refractivity contribution < 1.29 is 4.74 Å². The fraction of sp³-hybridized carbons (Fsp3) is 1.00. The Kier molecular flexibility index (Phi) is 8.20. The average molecular weight is 201 g/mol. The molecule has 2 atom stereocenters. The zero-order valence-corrected chi connectivity index (χ0v) is 10.5. The quantitative estimate of drug-likeness (QED) is 0.652. The largest absolute Gasteiger partial charge is 0.382 e. The van der Waals surface area contributed by atoms with Gasteiger partial charge in [0.15, 0.2) is 0 Å². The summed E-state index contributed by atoms with van der Waals surface area (Å²) in [6.45, 7) is 9.92. The highest BCUT2D eigenvalue weighted by molar-refractivity contribution is 4.70. The smallest absolute Gasteiger partial charge is 0.0558 e. The highest BCUT2D eigenvalue weighted by Gasteiger charge is 2.11. The second-order valence-electron chi connectivity index (χ2n) is 4.51. The molecule has 0 bridgehead atoms. The van der Waals surface area contributed by atoms with E-state index in [1.165, 1.54) is 12.8 Å². The lowest BCUT2D eigenvalue weighted by atomic mass is 9.99. The third-order valence-electron chi connectivity index (χ3n) is 2.60. The predicted molar refractivity (Wildman–Crippen MR) is 62.6 cm³/mol. The normalized spacial score (nSPS) is 15.9. The second-order valence-corrected chi connectivity index (χ2v) is 4.51. The summed E-state index contributed by atoms with van der Waals surface area (Å²) >= 11 is 0. The number of nitrogens with one attached hydrogen (secondary N) is 1. The summed E-state index contributed by atoms with van der Waals surface area (Å²) in [4.78, 5) is 0. The molecule has 0 spiro atoms. The van der Waals surface area contributed by atoms with E-state index in [1.54, 1.807) is 7.11 Å². The highest BCUT2D eigenvalue weighted by atomic mass is 16.5. The van der Waals surface area contributed by atoms with Crippen LogP contribution in [0.3, 0.4) is 0 Å². The molecule has 0 aromatic carbocycles. The molecule has 86 valence electrons. The Morgan fingerprint density at radius 2 is 1.79 bits per heavy atom. The SMILES string of the molecule is CCNC(CCC(C)C)CC(C)OC. The van der Waals surface area contributed by atoms with E-state index in [0.29, 0.717) is 12.1 Å². The van der Waals surface area contributed by atoms with Gasteiger partial charge in [0, 0.05) is 13.2 Å². The van der Waals surface area contributed by atoms with Crippen molar-refractivity contribution in [1.82, 2.24) is 5.32 Å². The minimum absolute atomic E-state index is 0.367. The Labute approximate surface area is 89.4 Å². The second kappa shape index (κ2) is 8.25. The number of methoxy groups -OCH3 is 1. The van der Waals surface area contributed by atoms with Crippen LogP contribution in [-0.4, -0.2) is 25.8 Å². The molecule has 0 fully saturated rings. The average Bonchev–Trinajstić information content (AvgIpc) is 2.14. The lowest BCUT2D eigenvalue weighted by molar-refractivity contribution is 0.0987. The van der Waals surface area contributed by atoms with Crippen molar-refractivity contribution in [3.8, 4) is 0 Å². The van der Waals surface area contributed by atoms with Crippen LogP contribution in [0, 0.1) is 5.92 Å². The first kappa shape index (κ1) is 13.9. The van der Waals surface area contributed by atoms with Crippen molar-refractivity contribution in [2.24, 2.45) is 5.92 Å². The molecule has 0 aromatic rings. The fourth-order valence-electron chi connectivity index (χ4n) is 1.62. The summed E-state index contributed by atoms with van der Waals surface area (Å²) in [5.74, 6) is 0.800. The molecule has 0 aliphatic carbocycles. The maximum Gasteiger partial charge on any atom is 0.0558 e. The van der Waals surface area contributed by atoms with Crippen molar-refractivity contribution in [2.45, 2.75) is 59.1 Å². The van der Waals surface area contributed by atoms with Gasteiger partial charge in [-0.1, -0.05) is 20.8 Å². The van der Waals surface area contributed by atoms with E-state index in [9.17, 15) is 0 Å². The molecule has 0 heterocycles. The van der Waals surface area contributed by atoms with E-state index in [2.05, 4.69) is 33.0 Å². The molecule has 0 aromatic heterocycles. The van der Waals surface area contributed by atoms with Crippen LogP contribution >= 0.6 is 0 Å². The summed E-state index contributed by atoms with van der Waals surface area (Å²) < 4.78 is 5.29. The Morgan fingerprint density at radius 1 is 1.14 bits per heavy atom. The van der Waals surface area contributed by atoms with Crippen LogP contribution in [0.25, 0.3) is 0 Å². The van der Waals surface area contributed by atoms with E-state index in [4.69, 9.17) is 4.74 Å². The lowest BCUT2D eigenvalue weighted by Crippen LogP contribution is -2.32. The molecule has 0 rings (SSSR count). The summed E-state index contributed by atoms with van der Waals surface area (Å²) in [5, 5.41) is 3.52. The predicted octanol–water partition coefficient (Wildman–Crippen LogP) is 2.83. The molecular weight excluding hydrogens is 174 g/mol. The molecule has 2 nitrogen and oxygen atoms in total. The van der Waals surface area contributed by atoms with Gasteiger partial charge in [-0.05, 0) is 38.6 Å². The molecule has 0 radical (unpaired) electrons. The van der Waals surface area contributed by atoms with Gasteiger partial charge in [-0.3, -0.25) is 0 Å². The van der Waals surface area contributed by atoms with Gasteiger partial charge in [0.05, 0.1) is 6.10 Å². The van der Waals surface area contributed by atoms with Crippen LogP contribution < -0.4 is 5.32 Å². The Hall–Kier alpha value is -0.0800. The van der Waals surface area contributed by atoms with Gasteiger partial charge in [-0.15, -0.1) is 0 Å². The number of rotatable bonds is 8. The van der Waals surface area contributed by atoms with Gasteiger partial charge in [0.1, 0.15) is 0 Å². The molecule has 1 N–H and O–H groups in total. The first-order valence-electron chi connectivity index (χ1n) is 5.86. The van der Waals surface area contributed by atoms with E-state index >= 15 is 0 Å². The first-order chi connectivity index (χ1) is 6.60. The monoisotopic (exact) mass is 201 g/mol. The molecular formula is C12H27NO. The molecule has 0 aliphatic heterocycles. The molecule has 0 saturated carbocycles. The van der Waals surface area contributed by atoms with E-state index in [-0.39, 0.29) is 0 Å². The molecule has 2 heteroatoms. The number of ether oxygens (including phenoxy) is 1. The Bertz CT molecular complexity index is 125. The van der Waals surface area contributed by atoms with Crippen molar-refractivity contribution in [3.63, 3.8) is 0 Å². The summed E-state index contributed by atoms with van der Waals surface area (Å²) in [7, 11) is 1.79. The topological polar surface area (TPSA) is 21.3 Å². The lowest BCUT2D eigenvalue weighted by Gasteiger charge is -2.21. The molecule has 0 saturated heterocycles. The third-order valence-corrected chi connectivity index (χ3v) is 2.60. The van der Waals surface area contributed by atoms with Gasteiger partial charge >= 0.3 is 0 Å². The van der Waals surface area contributed by atoms with Gasteiger partial charge in [0.2, 0.25) is 0 Å². The summed E-state index contributed by atoms with van der Waals surface area (Å²) in [6.07, 6.45) is 4.05. The van der Waals surface area contributed by atoms with E-state index in [1.807, 2.05) is 0 Å². The number of hydrogen-bond donors (Lipinski definition) is 1. The van der Waals surface area contributed by atoms with Crippen molar-refractivity contribution >= 4 is 0 Å². The van der Waals surface area contributed by atoms with Crippen LogP contribution in [0.5, 0.6) is 0 Å². The zero-order chi connectivity index (χ0) is 11.0. The summed E-state index contributed by atoms with van der Waals surface area (Å²) in [6, 6.07) is 0.623. The van der Waals surface area contributed by atoms with Crippen LogP contribution in [0.2, 0.25) is 0 Å². The van der Waals surface area contributed by atoms with Gasteiger partial charge in [-0.25, -0.2) is 0 Å². The van der Waals surface area contributed by atoms with Gasteiger partial charge in [0.25, 0.3) is 0 Å². The Morgan fingerprint density at radius 3 is 2.21 bits per heavy atom. The van der Waals surface area contributed by atoms with Crippen LogP contribution in [-0.2, 0) is 4.74 Å². The molecule has 0 amide bonds. The Balaban J connectivity index is 3.76. The third kappa shape index (κ3) is 7.34. The van der Waals surface area contributed by atoms with Crippen molar-refractivity contribution in [3.05, 3.63) is 0 Å². The highest BCUT2D eigenvalue weighted by Crippen LogP contribution is 2.11. The first-order valence-corrected chi connectivity index (χ1v) is 5.86. The van der Waals surface area contributed by atoms with Gasteiger partial charge < -0.3 is 10.1 Å². The zero-order valence-electron chi connectivity index (χ0n) is 10.5. The van der Waals surface area contributed by atoms with E-state index in [0.717, 1.165) is 18.9 Å². The minimum Gasteiger partial charge on any atom is -0.382 e. The van der Waals surface area contributed by atoms with Crippen LogP contribution in [0.1, 0.15) is 47.0 Å². The van der Waals surface area contributed by atoms with E-state index < -0.39 is 0 Å². The maximum absolute atomic E-state index is 5.29. The van der Waals surface area contributed by atoms with Crippen LogP contribution in [0.4, 0.5) is 0 Å². The maximum atomic E-state index is 5.29.